The van der Waals surface area contributed by atoms with Crippen LogP contribution in [-0.4, -0.2) is 29.9 Å². The lowest BCUT2D eigenvalue weighted by molar-refractivity contribution is -0.167. The molecule has 0 amide bonds. The molecule has 0 fully saturated rings. The largest absolute Gasteiger partial charge is 0.494 e. The SMILES string of the molecule is CCOC(=O)C(O)(CC)C(C)c1ccccc1OCC. The third-order valence-electron chi connectivity index (χ3n) is 3.57. The average molecular weight is 280 g/mol. The Kier molecular flexibility index (Phi) is 6.02. The number of ether oxygens (including phenoxy) is 2. The van der Waals surface area contributed by atoms with E-state index < -0.39 is 17.5 Å². The van der Waals surface area contributed by atoms with Crippen LogP contribution >= 0.6 is 0 Å². The maximum Gasteiger partial charge on any atom is 0.338 e. The minimum atomic E-state index is -1.54. The van der Waals surface area contributed by atoms with Gasteiger partial charge in [0.15, 0.2) is 5.60 Å². The van der Waals surface area contributed by atoms with Gasteiger partial charge in [0, 0.05) is 11.5 Å². The summed E-state index contributed by atoms with van der Waals surface area (Å²) < 4.78 is 10.6. The zero-order valence-corrected chi connectivity index (χ0v) is 12.7. The number of esters is 1. The molecule has 0 heterocycles. The summed E-state index contributed by atoms with van der Waals surface area (Å²) in [5, 5.41) is 10.7. The van der Waals surface area contributed by atoms with Gasteiger partial charge < -0.3 is 14.6 Å². The van der Waals surface area contributed by atoms with Crippen molar-refractivity contribution in [1.29, 1.82) is 0 Å². The van der Waals surface area contributed by atoms with Crippen LogP contribution in [0.3, 0.4) is 0 Å². The molecule has 2 unspecified atom stereocenters. The summed E-state index contributed by atoms with van der Waals surface area (Å²) in [6.07, 6.45) is 0.285. The first kappa shape index (κ1) is 16.5. The van der Waals surface area contributed by atoms with E-state index in [1.807, 2.05) is 38.1 Å². The minimum absolute atomic E-state index is 0.251. The lowest BCUT2D eigenvalue weighted by Crippen LogP contribution is -2.44. The van der Waals surface area contributed by atoms with Gasteiger partial charge in [0.1, 0.15) is 5.75 Å². The Morgan fingerprint density at radius 3 is 2.45 bits per heavy atom. The van der Waals surface area contributed by atoms with Crippen molar-refractivity contribution in [2.75, 3.05) is 13.2 Å². The molecule has 0 aliphatic carbocycles. The van der Waals surface area contributed by atoms with E-state index in [1.165, 1.54) is 0 Å². The Morgan fingerprint density at radius 2 is 1.90 bits per heavy atom. The van der Waals surface area contributed by atoms with E-state index in [9.17, 15) is 9.90 Å². The van der Waals surface area contributed by atoms with Crippen LogP contribution in [0.1, 0.15) is 45.6 Å². The zero-order chi connectivity index (χ0) is 15.2. The smallest absolute Gasteiger partial charge is 0.338 e. The fraction of sp³-hybridized carbons (Fsp3) is 0.562. The second-order valence-electron chi connectivity index (χ2n) is 4.69. The van der Waals surface area contributed by atoms with Crippen LogP contribution in [0.4, 0.5) is 0 Å². The molecular formula is C16H24O4. The second kappa shape index (κ2) is 7.29. The van der Waals surface area contributed by atoms with Gasteiger partial charge in [-0.3, -0.25) is 0 Å². The number of para-hydroxylation sites is 1. The quantitative estimate of drug-likeness (QED) is 0.780. The van der Waals surface area contributed by atoms with Crippen LogP contribution in [0.15, 0.2) is 24.3 Å². The van der Waals surface area contributed by atoms with E-state index in [-0.39, 0.29) is 13.0 Å². The van der Waals surface area contributed by atoms with E-state index in [4.69, 9.17) is 9.47 Å². The molecular weight excluding hydrogens is 256 g/mol. The van der Waals surface area contributed by atoms with Crippen molar-refractivity contribution < 1.29 is 19.4 Å². The van der Waals surface area contributed by atoms with Crippen molar-refractivity contribution in [3.63, 3.8) is 0 Å². The Morgan fingerprint density at radius 1 is 1.25 bits per heavy atom. The van der Waals surface area contributed by atoms with Crippen LogP contribution in [0.5, 0.6) is 5.75 Å². The lowest BCUT2D eigenvalue weighted by Gasteiger charge is -2.31. The highest BCUT2D eigenvalue weighted by atomic mass is 16.5. The number of carbonyl (C=O) groups excluding carboxylic acids is 1. The number of rotatable bonds is 7. The van der Waals surface area contributed by atoms with Crippen molar-refractivity contribution in [1.82, 2.24) is 0 Å². The van der Waals surface area contributed by atoms with Crippen LogP contribution in [-0.2, 0) is 9.53 Å². The first-order chi connectivity index (χ1) is 9.51. The molecule has 4 heteroatoms. The molecule has 112 valence electrons. The van der Waals surface area contributed by atoms with Gasteiger partial charge in [-0.15, -0.1) is 0 Å². The summed E-state index contributed by atoms with van der Waals surface area (Å²) in [7, 11) is 0. The highest BCUT2D eigenvalue weighted by molar-refractivity contribution is 5.80. The third kappa shape index (κ3) is 3.31. The molecule has 0 spiro atoms. The molecule has 0 aliphatic rings. The number of aliphatic hydroxyl groups is 1. The van der Waals surface area contributed by atoms with Crippen LogP contribution in [0.2, 0.25) is 0 Å². The highest BCUT2D eigenvalue weighted by Crippen LogP contribution is 2.36. The van der Waals surface area contributed by atoms with Crippen molar-refractivity contribution in [2.24, 2.45) is 0 Å². The summed E-state index contributed by atoms with van der Waals surface area (Å²) in [4.78, 5) is 12.1. The minimum Gasteiger partial charge on any atom is -0.494 e. The van der Waals surface area contributed by atoms with E-state index in [0.29, 0.717) is 12.4 Å². The Labute approximate surface area is 120 Å². The molecule has 1 N–H and O–H groups in total. The van der Waals surface area contributed by atoms with Crippen molar-refractivity contribution in [2.45, 2.75) is 45.6 Å². The summed E-state index contributed by atoms with van der Waals surface area (Å²) in [5.41, 5.74) is -0.727. The molecule has 20 heavy (non-hydrogen) atoms. The predicted octanol–water partition coefficient (Wildman–Crippen LogP) is 2.89. The Bertz CT molecular complexity index is 444. The Hall–Kier alpha value is -1.55. The third-order valence-corrected chi connectivity index (χ3v) is 3.57. The monoisotopic (exact) mass is 280 g/mol. The number of hydrogen-bond acceptors (Lipinski definition) is 4. The van der Waals surface area contributed by atoms with E-state index in [1.54, 1.807) is 13.8 Å². The lowest BCUT2D eigenvalue weighted by atomic mass is 9.81. The van der Waals surface area contributed by atoms with Gasteiger partial charge in [0.05, 0.1) is 13.2 Å². The molecule has 1 aromatic rings. The summed E-state index contributed by atoms with van der Waals surface area (Å²) in [6.45, 7) is 8.01. The molecule has 0 bridgehead atoms. The van der Waals surface area contributed by atoms with Crippen molar-refractivity contribution in [3.05, 3.63) is 29.8 Å². The normalized spacial score (nSPS) is 15.2. The summed E-state index contributed by atoms with van der Waals surface area (Å²) in [5.74, 6) is -0.297. The van der Waals surface area contributed by atoms with Gasteiger partial charge in [-0.1, -0.05) is 32.0 Å². The van der Waals surface area contributed by atoms with Crippen LogP contribution < -0.4 is 4.74 Å². The van der Waals surface area contributed by atoms with Gasteiger partial charge in [-0.2, -0.15) is 0 Å². The maximum absolute atomic E-state index is 12.1. The van der Waals surface area contributed by atoms with Crippen LogP contribution in [0.25, 0.3) is 0 Å². The summed E-state index contributed by atoms with van der Waals surface area (Å²) >= 11 is 0. The highest BCUT2D eigenvalue weighted by Gasteiger charge is 2.43. The predicted molar refractivity (Wildman–Crippen MR) is 77.9 cm³/mol. The van der Waals surface area contributed by atoms with Gasteiger partial charge in [-0.05, 0) is 26.3 Å². The van der Waals surface area contributed by atoms with Gasteiger partial charge in [0.25, 0.3) is 0 Å². The molecule has 1 rings (SSSR count). The average Bonchev–Trinajstić information content (AvgIpc) is 2.46. The van der Waals surface area contributed by atoms with Crippen molar-refractivity contribution in [3.8, 4) is 5.75 Å². The molecule has 0 saturated heterocycles. The second-order valence-corrected chi connectivity index (χ2v) is 4.69. The molecule has 0 aliphatic heterocycles. The standard InChI is InChI=1S/C16H24O4/c1-5-16(18,15(17)20-7-3)12(4)13-10-8-9-11-14(13)19-6-2/h8-12,18H,5-7H2,1-4H3. The van der Waals surface area contributed by atoms with E-state index >= 15 is 0 Å². The molecule has 0 radical (unpaired) electrons. The fourth-order valence-electron chi connectivity index (χ4n) is 2.27. The first-order valence-corrected chi connectivity index (χ1v) is 7.12. The molecule has 4 nitrogen and oxygen atoms in total. The topological polar surface area (TPSA) is 55.8 Å². The van der Waals surface area contributed by atoms with Crippen molar-refractivity contribution >= 4 is 5.97 Å². The number of benzene rings is 1. The summed E-state index contributed by atoms with van der Waals surface area (Å²) in [6, 6.07) is 7.46. The van der Waals surface area contributed by atoms with Gasteiger partial charge in [-0.25, -0.2) is 4.79 Å². The fourth-order valence-corrected chi connectivity index (χ4v) is 2.27. The number of carbonyl (C=O) groups is 1. The molecule has 2 atom stereocenters. The van der Waals surface area contributed by atoms with Crippen LogP contribution in [0, 0.1) is 0 Å². The molecule has 1 aromatic carbocycles. The number of hydrogen-bond donors (Lipinski definition) is 1. The molecule has 0 aromatic heterocycles. The Balaban J connectivity index is 3.13. The van der Waals surface area contributed by atoms with Gasteiger partial charge in [0.2, 0.25) is 0 Å². The maximum atomic E-state index is 12.1. The molecule has 0 saturated carbocycles. The van der Waals surface area contributed by atoms with E-state index in [0.717, 1.165) is 5.56 Å². The van der Waals surface area contributed by atoms with Gasteiger partial charge >= 0.3 is 5.97 Å². The first-order valence-electron chi connectivity index (χ1n) is 7.12. The zero-order valence-electron chi connectivity index (χ0n) is 12.7. The van der Waals surface area contributed by atoms with E-state index in [2.05, 4.69) is 0 Å².